The van der Waals surface area contributed by atoms with Crippen molar-refractivity contribution < 1.29 is 5.11 Å². The zero-order valence-electron chi connectivity index (χ0n) is 9.84. The van der Waals surface area contributed by atoms with Crippen LogP contribution in [0.15, 0.2) is 0 Å². The maximum Gasteiger partial charge on any atom is 0.0443 e. The molecule has 1 rings (SSSR count). The van der Waals surface area contributed by atoms with Gasteiger partial charge in [0.25, 0.3) is 0 Å². The molecular weight excluding hydrogens is 254 g/mol. The van der Waals surface area contributed by atoms with E-state index >= 15 is 0 Å². The Morgan fingerprint density at radius 2 is 2.00 bits per heavy atom. The van der Waals surface area contributed by atoms with Crippen LogP contribution >= 0.6 is 15.9 Å². The van der Waals surface area contributed by atoms with E-state index in [-0.39, 0.29) is 0 Å². The smallest absolute Gasteiger partial charge is 0.0443 e. The Kier molecular flexibility index (Phi) is 6.17. The van der Waals surface area contributed by atoms with Gasteiger partial charge in [-0.05, 0) is 31.2 Å². The molecule has 0 bridgehead atoms. The fourth-order valence-electron chi connectivity index (χ4n) is 2.58. The first kappa shape index (κ1) is 13.5. The predicted octanol–water partition coefficient (Wildman–Crippen LogP) is 2.65. The fraction of sp³-hybridized carbons (Fsp3) is 1.00. The molecule has 0 unspecified atom stereocenters. The molecular formula is C12H24BrNO. The van der Waals surface area contributed by atoms with E-state index in [1.807, 2.05) is 0 Å². The summed E-state index contributed by atoms with van der Waals surface area (Å²) >= 11 is 3.68. The van der Waals surface area contributed by atoms with E-state index in [1.165, 1.54) is 32.2 Å². The Morgan fingerprint density at radius 3 is 2.47 bits per heavy atom. The molecule has 0 spiro atoms. The minimum atomic E-state index is 0.317. The molecule has 15 heavy (non-hydrogen) atoms. The predicted molar refractivity (Wildman–Crippen MR) is 68.5 cm³/mol. The van der Waals surface area contributed by atoms with Crippen LogP contribution in [0.3, 0.4) is 0 Å². The molecule has 1 aliphatic carbocycles. The molecule has 0 radical (unpaired) electrons. The number of halogens is 1. The Labute approximate surface area is 102 Å². The number of hydrogen-bond acceptors (Lipinski definition) is 2. The quantitative estimate of drug-likeness (QED) is 0.724. The number of rotatable bonds is 7. The van der Waals surface area contributed by atoms with E-state index in [4.69, 9.17) is 5.11 Å². The number of nitrogens with zero attached hydrogens (tertiary/aromatic N) is 1. The van der Waals surface area contributed by atoms with Crippen molar-refractivity contribution in [2.24, 2.45) is 5.41 Å². The van der Waals surface area contributed by atoms with Crippen molar-refractivity contribution in [3.05, 3.63) is 0 Å². The zero-order chi connectivity index (χ0) is 11.1. The number of aliphatic hydroxyl groups is 1. The van der Waals surface area contributed by atoms with E-state index in [0.29, 0.717) is 12.0 Å². The summed E-state index contributed by atoms with van der Waals surface area (Å²) in [5, 5.41) is 9.99. The standard InChI is InChI=1S/C12H24BrNO/c1-2-14(8-5-9-15)11-12(10-13)6-3-4-7-12/h15H,2-11H2,1H3. The highest BCUT2D eigenvalue weighted by Crippen LogP contribution is 2.40. The summed E-state index contributed by atoms with van der Waals surface area (Å²) in [6, 6.07) is 0. The van der Waals surface area contributed by atoms with Crippen molar-refractivity contribution in [3.63, 3.8) is 0 Å². The van der Waals surface area contributed by atoms with E-state index in [9.17, 15) is 0 Å². The maximum atomic E-state index is 8.86. The second-order valence-electron chi connectivity index (χ2n) is 4.79. The van der Waals surface area contributed by atoms with Gasteiger partial charge in [-0.2, -0.15) is 0 Å². The Bertz CT molecular complexity index is 169. The molecule has 1 aliphatic rings. The highest BCUT2D eigenvalue weighted by molar-refractivity contribution is 9.09. The molecule has 0 heterocycles. The van der Waals surface area contributed by atoms with Crippen molar-refractivity contribution in [2.45, 2.75) is 39.0 Å². The fourth-order valence-corrected chi connectivity index (χ4v) is 3.31. The largest absolute Gasteiger partial charge is 0.396 e. The molecule has 0 saturated heterocycles. The second kappa shape index (κ2) is 6.87. The molecule has 3 heteroatoms. The summed E-state index contributed by atoms with van der Waals surface area (Å²) in [5.41, 5.74) is 0.519. The van der Waals surface area contributed by atoms with E-state index in [2.05, 4.69) is 27.8 Å². The molecule has 0 aliphatic heterocycles. The number of aliphatic hydroxyl groups excluding tert-OH is 1. The van der Waals surface area contributed by atoms with Gasteiger partial charge in [-0.1, -0.05) is 35.7 Å². The molecule has 1 N–H and O–H groups in total. The molecule has 0 aromatic heterocycles. The first-order chi connectivity index (χ1) is 7.26. The van der Waals surface area contributed by atoms with Crippen LogP contribution < -0.4 is 0 Å². The lowest BCUT2D eigenvalue weighted by molar-refractivity contribution is 0.163. The Balaban J connectivity index is 2.40. The van der Waals surface area contributed by atoms with Gasteiger partial charge in [0.05, 0.1) is 0 Å². The third kappa shape index (κ3) is 4.04. The Hall–Kier alpha value is 0.400. The first-order valence-electron chi connectivity index (χ1n) is 6.15. The van der Waals surface area contributed by atoms with Crippen molar-refractivity contribution >= 4 is 15.9 Å². The molecule has 0 aromatic carbocycles. The average molecular weight is 278 g/mol. The van der Waals surface area contributed by atoms with Gasteiger partial charge < -0.3 is 10.0 Å². The first-order valence-corrected chi connectivity index (χ1v) is 7.27. The van der Waals surface area contributed by atoms with Crippen LogP contribution in [0.25, 0.3) is 0 Å². The second-order valence-corrected chi connectivity index (χ2v) is 5.35. The monoisotopic (exact) mass is 277 g/mol. The van der Waals surface area contributed by atoms with Gasteiger partial charge in [0.15, 0.2) is 0 Å². The summed E-state index contributed by atoms with van der Waals surface area (Å²) in [7, 11) is 0. The summed E-state index contributed by atoms with van der Waals surface area (Å²) < 4.78 is 0. The summed E-state index contributed by atoms with van der Waals surface area (Å²) in [6.07, 6.45) is 6.43. The molecule has 1 saturated carbocycles. The molecule has 0 atom stereocenters. The summed E-state index contributed by atoms with van der Waals surface area (Å²) in [4.78, 5) is 2.49. The third-order valence-electron chi connectivity index (χ3n) is 3.59. The van der Waals surface area contributed by atoms with E-state index in [1.54, 1.807) is 0 Å². The van der Waals surface area contributed by atoms with Gasteiger partial charge in [0.1, 0.15) is 0 Å². The van der Waals surface area contributed by atoms with Crippen LogP contribution in [-0.2, 0) is 0 Å². The van der Waals surface area contributed by atoms with Gasteiger partial charge in [0, 0.05) is 25.0 Å². The lowest BCUT2D eigenvalue weighted by Gasteiger charge is -2.33. The van der Waals surface area contributed by atoms with Crippen molar-refractivity contribution in [2.75, 3.05) is 31.6 Å². The Morgan fingerprint density at radius 1 is 1.33 bits per heavy atom. The van der Waals surface area contributed by atoms with Crippen LogP contribution in [-0.4, -0.2) is 41.6 Å². The normalized spacial score (nSPS) is 20.0. The number of alkyl halides is 1. The van der Waals surface area contributed by atoms with Gasteiger partial charge in [0.2, 0.25) is 0 Å². The van der Waals surface area contributed by atoms with Gasteiger partial charge in [-0.15, -0.1) is 0 Å². The SMILES string of the molecule is CCN(CCCO)CC1(CBr)CCCC1. The summed E-state index contributed by atoms with van der Waals surface area (Å²) in [6.45, 7) is 5.89. The van der Waals surface area contributed by atoms with E-state index < -0.39 is 0 Å². The summed E-state index contributed by atoms with van der Waals surface area (Å²) in [5.74, 6) is 0. The van der Waals surface area contributed by atoms with Gasteiger partial charge in [-0.3, -0.25) is 0 Å². The topological polar surface area (TPSA) is 23.5 Å². The minimum absolute atomic E-state index is 0.317. The van der Waals surface area contributed by atoms with E-state index in [0.717, 1.165) is 24.8 Å². The zero-order valence-corrected chi connectivity index (χ0v) is 11.4. The molecule has 90 valence electrons. The van der Waals surface area contributed by atoms with Crippen LogP contribution in [0.1, 0.15) is 39.0 Å². The average Bonchev–Trinajstić information content (AvgIpc) is 2.73. The molecule has 0 aromatic rings. The lowest BCUT2D eigenvalue weighted by Crippen LogP contribution is -2.38. The van der Waals surface area contributed by atoms with Crippen molar-refractivity contribution in [3.8, 4) is 0 Å². The van der Waals surface area contributed by atoms with Gasteiger partial charge in [-0.25, -0.2) is 0 Å². The highest BCUT2D eigenvalue weighted by atomic mass is 79.9. The number of hydrogen-bond donors (Lipinski definition) is 1. The van der Waals surface area contributed by atoms with Crippen LogP contribution in [0.5, 0.6) is 0 Å². The molecule has 2 nitrogen and oxygen atoms in total. The van der Waals surface area contributed by atoms with Crippen molar-refractivity contribution in [1.29, 1.82) is 0 Å². The highest BCUT2D eigenvalue weighted by Gasteiger charge is 2.33. The van der Waals surface area contributed by atoms with Crippen LogP contribution in [0, 0.1) is 5.41 Å². The minimum Gasteiger partial charge on any atom is -0.396 e. The lowest BCUT2D eigenvalue weighted by atomic mass is 9.88. The third-order valence-corrected chi connectivity index (χ3v) is 4.78. The molecule has 0 amide bonds. The van der Waals surface area contributed by atoms with Gasteiger partial charge >= 0.3 is 0 Å². The van der Waals surface area contributed by atoms with Crippen LogP contribution in [0.4, 0.5) is 0 Å². The molecule has 1 fully saturated rings. The maximum absolute atomic E-state index is 8.86. The van der Waals surface area contributed by atoms with Crippen molar-refractivity contribution in [1.82, 2.24) is 4.90 Å². The van der Waals surface area contributed by atoms with Crippen LogP contribution in [0.2, 0.25) is 0 Å².